The van der Waals surface area contributed by atoms with Gasteiger partial charge in [0.05, 0.1) is 25.4 Å². The lowest BCUT2D eigenvalue weighted by Crippen LogP contribution is -2.41. The number of carboxylic acids is 2. The average Bonchev–Trinajstić information content (AvgIpc) is 2.97. The Morgan fingerprint density at radius 2 is 1.36 bits per heavy atom. The second-order valence-electron chi connectivity index (χ2n) is 9.88. The molecule has 2 amide bonds. The Morgan fingerprint density at radius 1 is 0.714 bits per heavy atom. The molecule has 0 fully saturated rings. The number of likely N-dealkylation sites (N-methyl/N-ethyl adjacent to an activating group) is 1. The Morgan fingerprint density at radius 3 is 2.00 bits per heavy atom. The number of hydrogen-bond acceptors (Lipinski definition) is 8. The summed E-state index contributed by atoms with van der Waals surface area (Å²) in [5, 5.41) is 23.3. The van der Waals surface area contributed by atoms with Gasteiger partial charge in [-0.2, -0.15) is 0 Å². The first-order valence-corrected chi connectivity index (χ1v) is 14.6. The highest BCUT2D eigenvalue weighted by Gasteiger charge is 2.20. The van der Waals surface area contributed by atoms with Crippen molar-refractivity contribution in [1.82, 2.24) is 10.6 Å². The summed E-state index contributed by atoms with van der Waals surface area (Å²) < 4.78 is 16.1. The van der Waals surface area contributed by atoms with Crippen LogP contribution in [-0.2, 0) is 28.7 Å². The van der Waals surface area contributed by atoms with Gasteiger partial charge in [-0.05, 0) is 49.9 Å². The number of nitrogens with one attached hydrogen (secondary N) is 2. The molecular formula is C30H46N2O10. The largest absolute Gasteiger partial charge is 0.494 e. The zero-order chi connectivity index (χ0) is 31.0. The molecule has 0 saturated carbocycles. The molecule has 4 N–H and O–H groups in total. The second-order valence-corrected chi connectivity index (χ2v) is 9.88. The van der Waals surface area contributed by atoms with Crippen LogP contribution in [0.1, 0.15) is 87.4 Å². The van der Waals surface area contributed by atoms with Crippen LogP contribution >= 0.6 is 0 Å². The summed E-state index contributed by atoms with van der Waals surface area (Å²) in [7, 11) is 1.52. The third kappa shape index (κ3) is 18.8. The Hall–Kier alpha value is -3.51. The molecule has 0 aromatic heterocycles. The minimum absolute atomic E-state index is 0.0324. The number of carbonyl (C=O) groups is 5. The number of rotatable bonds is 26. The number of benzene rings is 1. The zero-order valence-electron chi connectivity index (χ0n) is 24.6. The summed E-state index contributed by atoms with van der Waals surface area (Å²) in [6.07, 6.45) is 7.62. The van der Waals surface area contributed by atoms with E-state index in [2.05, 4.69) is 10.6 Å². The number of carboxylic acid groups (broad SMARTS) is 2. The standard InChI is InChI=1S/C30H46N2O10/c1-31-28(35)22-41-21-20-40-18-9-10-24(33)14-17-26(30(38)39)32-27(34)11-7-5-3-2-4-6-8-19-42-25-15-12-23(13-16-25)29(36)37/h12-13,15-16,26H,2-11,14,17-22H2,1H3,(H,31,35)(H,32,34)(H,36,37)(H,38,39)/t26-/m0/s1. The normalized spacial score (nSPS) is 11.5. The molecule has 0 heterocycles. The molecule has 0 aliphatic carbocycles. The lowest BCUT2D eigenvalue weighted by molar-refractivity contribution is -0.142. The van der Waals surface area contributed by atoms with Crippen molar-refractivity contribution in [3.05, 3.63) is 29.8 Å². The highest BCUT2D eigenvalue weighted by Crippen LogP contribution is 2.14. The van der Waals surface area contributed by atoms with Crippen molar-refractivity contribution in [3.8, 4) is 5.75 Å². The summed E-state index contributed by atoms with van der Waals surface area (Å²) in [5.41, 5.74) is 0.225. The van der Waals surface area contributed by atoms with Crippen LogP contribution in [0.2, 0.25) is 0 Å². The third-order valence-corrected chi connectivity index (χ3v) is 6.39. The molecule has 1 aromatic carbocycles. The Balaban J connectivity index is 2.03. The van der Waals surface area contributed by atoms with Crippen LogP contribution in [0.4, 0.5) is 0 Å². The first-order valence-electron chi connectivity index (χ1n) is 14.6. The first kappa shape index (κ1) is 36.5. The van der Waals surface area contributed by atoms with Gasteiger partial charge in [-0.1, -0.05) is 32.1 Å². The average molecular weight is 595 g/mol. The topological polar surface area (TPSA) is 178 Å². The number of ether oxygens (including phenoxy) is 3. The van der Waals surface area contributed by atoms with E-state index in [0.29, 0.717) is 38.4 Å². The van der Waals surface area contributed by atoms with Crippen molar-refractivity contribution in [2.45, 2.75) is 83.1 Å². The van der Waals surface area contributed by atoms with Gasteiger partial charge in [-0.15, -0.1) is 0 Å². The lowest BCUT2D eigenvalue weighted by Gasteiger charge is -2.14. The van der Waals surface area contributed by atoms with E-state index in [0.717, 1.165) is 38.5 Å². The summed E-state index contributed by atoms with van der Waals surface area (Å²) in [5.74, 6) is -2.10. The molecule has 0 saturated heterocycles. The molecule has 0 radical (unpaired) electrons. The van der Waals surface area contributed by atoms with Gasteiger partial charge in [-0.3, -0.25) is 14.4 Å². The molecule has 0 aliphatic rings. The summed E-state index contributed by atoms with van der Waals surface area (Å²) >= 11 is 0. The number of aliphatic carboxylic acids is 1. The maximum atomic E-state index is 12.2. The van der Waals surface area contributed by atoms with E-state index in [4.69, 9.17) is 19.3 Å². The third-order valence-electron chi connectivity index (χ3n) is 6.39. The fraction of sp³-hybridized carbons (Fsp3) is 0.633. The monoisotopic (exact) mass is 594 g/mol. The van der Waals surface area contributed by atoms with Gasteiger partial charge in [0.15, 0.2) is 0 Å². The van der Waals surface area contributed by atoms with E-state index in [-0.39, 0.29) is 62.1 Å². The molecule has 0 unspecified atom stereocenters. The van der Waals surface area contributed by atoms with Crippen molar-refractivity contribution in [2.24, 2.45) is 0 Å². The molecule has 42 heavy (non-hydrogen) atoms. The predicted octanol–water partition coefficient (Wildman–Crippen LogP) is 3.36. The van der Waals surface area contributed by atoms with E-state index in [9.17, 15) is 29.1 Å². The van der Waals surface area contributed by atoms with Crippen LogP contribution in [0.15, 0.2) is 24.3 Å². The van der Waals surface area contributed by atoms with Gasteiger partial charge < -0.3 is 35.1 Å². The zero-order valence-corrected chi connectivity index (χ0v) is 24.6. The smallest absolute Gasteiger partial charge is 0.335 e. The molecule has 0 bridgehead atoms. The fourth-order valence-electron chi connectivity index (χ4n) is 3.94. The molecule has 1 atom stereocenters. The number of carbonyl (C=O) groups excluding carboxylic acids is 3. The van der Waals surface area contributed by atoms with Gasteiger partial charge in [0, 0.05) is 32.9 Å². The van der Waals surface area contributed by atoms with Crippen LogP contribution in [-0.4, -0.2) is 85.9 Å². The quantitative estimate of drug-likeness (QED) is 0.116. The second kappa shape index (κ2) is 23.1. The van der Waals surface area contributed by atoms with Gasteiger partial charge in [0.1, 0.15) is 24.2 Å². The van der Waals surface area contributed by atoms with Crippen molar-refractivity contribution in [1.29, 1.82) is 0 Å². The highest BCUT2D eigenvalue weighted by molar-refractivity contribution is 5.87. The number of amides is 2. The van der Waals surface area contributed by atoms with E-state index in [1.54, 1.807) is 12.1 Å². The minimum Gasteiger partial charge on any atom is -0.494 e. The van der Waals surface area contributed by atoms with Crippen LogP contribution in [0, 0.1) is 0 Å². The number of Topliss-reactive ketones (excluding diaryl/α,β-unsaturated/α-hetero) is 1. The van der Waals surface area contributed by atoms with Crippen molar-refractivity contribution in [3.63, 3.8) is 0 Å². The first-order chi connectivity index (χ1) is 20.2. The van der Waals surface area contributed by atoms with Gasteiger partial charge in [0.25, 0.3) is 0 Å². The van der Waals surface area contributed by atoms with Gasteiger partial charge in [0.2, 0.25) is 11.8 Å². The summed E-state index contributed by atoms with van der Waals surface area (Å²) in [4.78, 5) is 57.7. The molecule has 0 spiro atoms. The number of hydrogen-bond donors (Lipinski definition) is 4. The van der Waals surface area contributed by atoms with Crippen molar-refractivity contribution >= 4 is 29.5 Å². The number of ketones is 1. The number of aromatic carboxylic acids is 1. The molecule has 1 aromatic rings. The minimum atomic E-state index is -1.16. The Kier molecular flexibility index (Phi) is 20.1. The van der Waals surface area contributed by atoms with Crippen LogP contribution < -0.4 is 15.4 Å². The van der Waals surface area contributed by atoms with Crippen LogP contribution in [0.25, 0.3) is 0 Å². The lowest BCUT2D eigenvalue weighted by atomic mass is 10.1. The van der Waals surface area contributed by atoms with Crippen molar-refractivity contribution in [2.75, 3.05) is 40.1 Å². The van der Waals surface area contributed by atoms with Gasteiger partial charge >= 0.3 is 11.9 Å². The number of unbranched alkanes of at least 4 members (excludes halogenated alkanes) is 6. The van der Waals surface area contributed by atoms with Crippen LogP contribution in [0.3, 0.4) is 0 Å². The predicted molar refractivity (Wildman–Crippen MR) is 155 cm³/mol. The molecule has 12 nitrogen and oxygen atoms in total. The SMILES string of the molecule is CNC(=O)COCCOCCCC(=O)CC[C@H](NC(=O)CCCCCCCCCOc1ccc(C(=O)O)cc1)C(=O)O. The molecule has 0 aliphatic heterocycles. The molecule has 236 valence electrons. The maximum Gasteiger partial charge on any atom is 0.335 e. The van der Waals surface area contributed by atoms with Gasteiger partial charge in [-0.25, -0.2) is 9.59 Å². The van der Waals surface area contributed by atoms with Crippen LogP contribution in [0.5, 0.6) is 5.75 Å². The molecule has 1 rings (SSSR count). The maximum absolute atomic E-state index is 12.2. The van der Waals surface area contributed by atoms with E-state index >= 15 is 0 Å². The summed E-state index contributed by atoms with van der Waals surface area (Å²) in [6.45, 7) is 1.47. The Bertz CT molecular complexity index is 952. The van der Waals surface area contributed by atoms with E-state index in [1.807, 2.05) is 0 Å². The van der Waals surface area contributed by atoms with E-state index in [1.165, 1.54) is 19.2 Å². The fourth-order valence-corrected chi connectivity index (χ4v) is 3.94. The van der Waals surface area contributed by atoms with E-state index < -0.39 is 18.0 Å². The van der Waals surface area contributed by atoms with Crippen molar-refractivity contribution < 1.29 is 48.4 Å². The molecular weight excluding hydrogens is 548 g/mol. The Labute approximate surface area is 247 Å². The highest BCUT2D eigenvalue weighted by atomic mass is 16.5. The summed E-state index contributed by atoms with van der Waals surface area (Å²) in [6, 6.07) is 5.24. The molecule has 12 heteroatoms.